The first kappa shape index (κ1) is 16.5. The molecule has 6 nitrogen and oxygen atoms in total. The molecule has 0 aliphatic carbocycles. The summed E-state index contributed by atoms with van der Waals surface area (Å²) in [6.45, 7) is 2.06. The lowest BCUT2D eigenvalue weighted by atomic mass is 10.0. The number of imidazole rings is 1. The molecule has 28 heavy (non-hydrogen) atoms. The average Bonchev–Trinajstić information content (AvgIpc) is 3.28. The lowest BCUT2D eigenvalue weighted by Gasteiger charge is -2.10. The van der Waals surface area contributed by atoms with Crippen molar-refractivity contribution in [2.75, 3.05) is 7.11 Å². The molecule has 5 aromatic rings. The molecule has 0 unspecified atom stereocenters. The topological polar surface area (TPSA) is 68.6 Å². The third-order valence-corrected chi connectivity index (χ3v) is 5.03. The van der Waals surface area contributed by atoms with E-state index < -0.39 is 0 Å². The predicted molar refractivity (Wildman–Crippen MR) is 110 cm³/mol. The van der Waals surface area contributed by atoms with E-state index in [1.165, 1.54) is 5.56 Å². The van der Waals surface area contributed by atoms with E-state index in [0.29, 0.717) is 0 Å². The first-order valence-electron chi connectivity index (χ1n) is 9.06. The molecule has 0 amide bonds. The van der Waals surface area contributed by atoms with E-state index in [9.17, 15) is 0 Å². The minimum absolute atomic E-state index is 0.745. The highest BCUT2D eigenvalue weighted by atomic mass is 16.5. The number of benzene rings is 2. The fourth-order valence-corrected chi connectivity index (χ4v) is 3.61. The maximum absolute atomic E-state index is 5.59. The Morgan fingerprint density at radius 3 is 2.79 bits per heavy atom. The van der Waals surface area contributed by atoms with E-state index in [1.807, 2.05) is 17.8 Å². The average molecular weight is 369 g/mol. The van der Waals surface area contributed by atoms with Gasteiger partial charge in [-0.25, -0.2) is 4.98 Å². The van der Waals surface area contributed by atoms with Gasteiger partial charge in [0.25, 0.3) is 0 Å². The first-order chi connectivity index (χ1) is 13.6. The number of nitrogens with one attached hydrogen (secondary N) is 1. The lowest BCUT2D eigenvalue weighted by Crippen LogP contribution is -1.91. The lowest BCUT2D eigenvalue weighted by molar-refractivity contribution is 0.416. The van der Waals surface area contributed by atoms with Crippen LogP contribution in [0.15, 0.2) is 54.9 Å². The van der Waals surface area contributed by atoms with E-state index in [0.717, 1.165) is 50.3 Å². The van der Waals surface area contributed by atoms with Gasteiger partial charge in [0, 0.05) is 24.2 Å². The Morgan fingerprint density at radius 1 is 1.07 bits per heavy atom. The van der Waals surface area contributed by atoms with Gasteiger partial charge in [0.15, 0.2) is 5.82 Å². The molecule has 2 aromatic carbocycles. The fourth-order valence-electron chi connectivity index (χ4n) is 3.61. The first-order valence-corrected chi connectivity index (χ1v) is 9.06. The molecular weight excluding hydrogens is 350 g/mol. The molecule has 5 rings (SSSR count). The highest BCUT2D eigenvalue weighted by Crippen LogP contribution is 2.35. The van der Waals surface area contributed by atoms with E-state index in [4.69, 9.17) is 9.84 Å². The number of aromatic nitrogens is 5. The van der Waals surface area contributed by atoms with Gasteiger partial charge in [-0.3, -0.25) is 9.67 Å². The van der Waals surface area contributed by atoms with Gasteiger partial charge in [0.05, 0.1) is 29.9 Å². The van der Waals surface area contributed by atoms with Crippen molar-refractivity contribution in [3.8, 4) is 28.4 Å². The molecule has 0 aliphatic rings. The summed E-state index contributed by atoms with van der Waals surface area (Å²) in [6.07, 6.45) is 3.52. The molecule has 0 atom stereocenters. The van der Waals surface area contributed by atoms with E-state index in [2.05, 4.69) is 58.3 Å². The summed E-state index contributed by atoms with van der Waals surface area (Å²) >= 11 is 0. The smallest absolute Gasteiger partial charge is 0.159 e. The standard InChI is InChI=1S/C22H19N5O/c1-13-4-6-15(20(10-13)28-3)14-5-7-16-19(11-14)27(2)26-21(16)22-24-17-8-9-23-12-18(17)25-22/h4-12H,1-3H3,(H,24,25). The number of ether oxygens (including phenoxy) is 1. The van der Waals surface area contributed by atoms with Crippen LogP contribution in [0.4, 0.5) is 0 Å². The summed E-state index contributed by atoms with van der Waals surface area (Å²) in [6, 6.07) is 14.5. The van der Waals surface area contributed by atoms with Crippen molar-refractivity contribution in [3.05, 3.63) is 60.4 Å². The highest BCUT2D eigenvalue weighted by molar-refractivity contribution is 5.96. The fraction of sp³-hybridized carbons (Fsp3) is 0.136. The second-order valence-electron chi connectivity index (χ2n) is 6.89. The molecule has 0 bridgehead atoms. The Kier molecular flexibility index (Phi) is 3.65. The molecule has 0 saturated heterocycles. The second kappa shape index (κ2) is 6.20. The van der Waals surface area contributed by atoms with Gasteiger partial charge in [-0.15, -0.1) is 0 Å². The third-order valence-electron chi connectivity index (χ3n) is 5.03. The molecule has 138 valence electrons. The molecule has 3 heterocycles. The summed E-state index contributed by atoms with van der Waals surface area (Å²) in [5.74, 6) is 1.61. The quantitative estimate of drug-likeness (QED) is 0.508. The number of hydrogen-bond donors (Lipinski definition) is 1. The normalized spacial score (nSPS) is 11.4. The second-order valence-corrected chi connectivity index (χ2v) is 6.89. The molecule has 0 saturated carbocycles. The SMILES string of the molecule is COc1cc(C)ccc1-c1ccc2c(-c3nc4ccncc4[nH]3)nn(C)c2c1. The van der Waals surface area contributed by atoms with Gasteiger partial charge >= 0.3 is 0 Å². The van der Waals surface area contributed by atoms with Crippen molar-refractivity contribution in [1.29, 1.82) is 0 Å². The summed E-state index contributed by atoms with van der Waals surface area (Å²) in [7, 11) is 3.65. The molecule has 1 N–H and O–H groups in total. The number of methoxy groups -OCH3 is 1. The van der Waals surface area contributed by atoms with Crippen molar-refractivity contribution < 1.29 is 4.74 Å². The number of rotatable bonds is 3. The number of nitrogens with zero attached hydrogens (tertiary/aromatic N) is 4. The van der Waals surface area contributed by atoms with Crippen molar-refractivity contribution >= 4 is 21.9 Å². The summed E-state index contributed by atoms with van der Waals surface area (Å²) in [5, 5.41) is 5.76. The molecule has 3 aromatic heterocycles. The van der Waals surface area contributed by atoms with Gasteiger partial charge in [0.2, 0.25) is 0 Å². The van der Waals surface area contributed by atoms with Crippen molar-refractivity contribution in [3.63, 3.8) is 0 Å². The van der Waals surface area contributed by atoms with Crippen LogP contribution < -0.4 is 4.74 Å². The number of aryl methyl sites for hydroxylation is 2. The van der Waals surface area contributed by atoms with Crippen molar-refractivity contribution in [1.82, 2.24) is 24.7 Å². The van der Waals surface area contributed by atoms with Gasteiger partial charge < -0.3 is 9.72 Å². The Labute approximate surface area is 161 Å². The van der Waals surface area contributed by atoms with Crippen LogP contribution in [-0.4, -0.2) is 31.8 Å². The van der Waals surface area contributed by atoms with E-state index in [-0.39, 0.29) is 0 Å². The van der Waals surface area contributed by atoms with Crippen molar-refractivity contribution in [2.45, 2.75) is 6.92 Å². The minimum Gasteiger partial charge on any atom is -0.496 e. The molecule has 0 radical (unpaired) electrons. The molecule has 0 fully saturated rings. The van der Waals surface area contributed by atoms with E-state index in [1.54, 1.807) is 19.5 Å². The zero-order valence-electron chi connectivity index (χ0n) is 15.9. The summed E-state index contributed by atoms with van der Waals surface area (Å²) < 4.78 is 7.48. The number of aromatic amines is 1. The van der Waals surface area contributed by atoms with Crippen LogP contribution in [-0.2, 0) is 7.05 Å². The zero-order valence-corrected chi connectivity index (χ0v) is 15.9. The number of pyridine rings is 1. The van der Waals surface area contributed by atoms with Crippen LogP contribution in [0, 0.1) is 6.92 Å². The van der Waals surface area contributed by atoms with Crippen LogP contribution in [0.5, 0.6) is 5.75 Å². The van der Waals surface area contributed by atoms with Gasteiger partial charge in [-0.2, -0.15) is 5.10 Å². The minimum atomic E-state index is 0.745. The van der Waals surface area contributed by atoms with Gasteiger partial charge in [-0.05, 0) is 42.3 Å². The van der Waals surface area contributed by atoms with Crippen LogP contribution in [0.3, 0.4) is 0 Å². The van der Waals surface area contributed by atoms with Crippen LogP contribution in [0.2, 0.25) is 0 Å². The van der Waals surface area contributed by atoms with Gasteiger partial charge in [0.1, 0.15) is 11.4 Å². The number of H-pyrrole nitrogens is 1. The monoisotopic (exact) mass is 369 g/mol. The Bertz CT molecular complexity index is 1300. The largest absolute Gasteiger partial charge is 0.496 e. The number of fused-ring (bicyclic) bond motifs is 2. The maximum Gasteiger partial charge on any atom is 0.159 e. The molecule has 0 spiro atoms. The maximum atomic E-state index is 5.59. The third kappa shape index (κ3) is 2.53. The molecule has 6 heteroatoms. The van der Waals surface area contributed by atoms with Crippen LogP contribution >= 0.6 is 0 Å². The summed E-state index contributed by atoms with van der Waals surface area (Å²) in [5.41, 5.74) is 6.97. The van der Waals surface area contributed by atoms with Gasteiger partial charge in [-0.1, -0.05) is 18.2 Å². The highest BCUT2D eigenvalue weighted by Gasteiger charge is 2.16. The Balaban J connectivity index is 1.67. The molecule has 0 aliphatic heterocycles. The van der Waals surface area contributed by atoms with Crippen LogP contribution in [0.1, 0.15) is 5.56 Å². The van der Waals surface area contributed by atoms with Crippen LogP contribution in [0.25, 0.3) is 44.6 Å². The van der Waals surface area contributed by atoms with Crippen molar-refractivity contribution in [2.24, 2.45) is 7.05 Å². The number of hydrogen-bond acceptors (Lipinski definition) is 4. The zero-order chi connectivity index (χ0) is 19.3. The molecular formula is C22H19N5O. The van der Waals surface area contributed by atoms with E-state index >= 15 is 0 Å². The predicted octanol–water partition coefficient (Wildman–Crippen LogP) is 4.50. The summed E-state index contributed by atoms with van der Waals surface area (Å²) in [4.78, 5) is 12.1. The Hall–Kier alpha value is -3.67. The Morgan fingerprint density at radius 2 is 1.96 bits per heavy atom.